The van der Waals surface area contributed by atoms with Crippen molar-refractivity contribution in [3.8, 4) is 11.5 Å². The van der Waals surface area contributed by atoms with Crippen LogP contribution in [0, 0.1) is 17.5 Å². The molecule has 0 spiro atoms. The molecule has 0 aliphatic carbocycles. The number of ether oxygens (including phenoxy) is 1. The highest BCUT2D eigenvalue weighted by Gasteiger charge is 2.18. The van der Waals surface area contributed by atoms with Crippen molar-refractivity contribution in [2.24, 2.45) is 0 Å². The lowest BCUT2D eigenvalue weighted by atomic mass is 10.2. The van der Waals surface area contributed by atoms with Gasteiger partial charge in [0.15, 0.2) is 11.6 Å². The predicted molar refractivity (Wildman–Crippen MR) is 132 cm³/mol. The van der Waals surface area contributed by atoms with Gasteiger partial charge in [-0.05, 0) is 30.3 Å². The molecule has 2 heterocycles. The van der Waals surface area contributed by atoms with Crippen LogP contribution in [-0.4, -0.2) is 27.9 Å². The number of hydrogen-bond acceptors (Lipinski definition) is 8. The minimum absolute atomic E-state index is 0. The van der Waals surface area contributed by atoms with Gasteiger partial charge < -0.3 is 26.4 Å². The van der Waals surface area contributed by atoms with Crippen LogP contribution in [0.4, 0.5) is 42.1 Å². The van der Waals surface area contributed by atoms with E-state index in [0.717, 1.165) is 18.2 Å². The molecular formula is C23H19ClF3N7O2. The summed E-state index contributed by atoms with van der Waals surface area (Å²) in [5.41, 5.74) is 5.55. The molecule has 0 radical (unpaired) electrons. The summed E-state index contributed by atoms with van der Waals surface area (Å²) in [5, 5.41) is 7.92. The number of nitrogens with one attached hydrogen (secondary N) is 3. The number of anilines is 5. The first kappa shape index (κ1) is 26.0. The molecule has 4 aromatic rings. The van der Waals surface area contributed by atoms with Gasteiger partial charge in [0, 0.05) is 43.3 Å². The quantitative estimate of drug-likeness (QED) is 0.266. The molecule has 0 aliphatic rings. The largest absolute Gasteiger partial charge is 0.454 e. The number of benzene rings is 2. The van der Waals surface area contributed by atoms with Gasteiger partial charge in [-0.3, -0.25) is 4.79 Å². The van der Waals surface area contributed by atoms with E-state index in [4.69, 9.17) is 10.5 Å². The summed E-state index contributed by atoms with van der Waals surface area (Å²) in [5.74, 6) is -2.56. The summed E-state index contributed by atoms with van der Waals surface area (Å²) in [4.78, 5) is 24.8. The van der Waals surface area contributed by atoms with E-state index in [1.165, 1.54) is 36.7 Å². The van der Waals surface area contributed by atoms with E-state index < -0.39 is 23.4 Å². The third-order valence-electron chi connectivity index (χ3n) is 4.61. The molecule has 186 valence electrons. The van der Waals surface area contributed by atoms with Crippen molar-refractivity contribution >= 4 is 47.3 Å². The molecule has 0 fully saturated rings. The maximum atomic E-state index is 14.7. The Hall–Kier alpha value is -4.58. The second kappa shape index (κ2) is 11.2. The van der Waals surface area contributed by atoms with Crippen molar-refractivity contribution in [2.45, 2.75) is 0 Å². The molecule has 1 amide bonds. The highest BCUT2D eigenvalue weighted by atomic mass is 35.5. The SMILES string of the molecule is CNc1ncc(C(=O)Nc2ccc(F)cc2F)c(Nc2ccc(Oc3ccnc(N)c3)c(F)c2)n1.Cl. The zero-order valence-corrected chi connectivity index (χ0v) is 19.4. The first-order valence-electron chi connectivity index (χ1n) is 10.1. The van der Waals surface area contributed by atoms with Gasteiger partial charge in [0.05, 0.1) is 5.69 Å². The van der Waals surface area contributed by atoms with Crippen LogP contribution >= 0.6 is 12.4 Å². The Morgan fingerprint density at radius 1 is 1.00 bits per heavy atom. The number of pyridine rings is 1. The number of amides is 1. The molecule has 0 unspecified atom stereocenters. The van der Waals surface area contributed by atoms with Crippen LogP contribution in [0.5, 0.6) is 11.5 Å². The molecule has 13 heteroatoms. The Labute approximate surface area is 209 Å². The number of nitrogens with zero attached hydrogens (tertiary/aromatic N) is 3. The smallest absolute Gasteiger partial charge is 0.261 e. The number of halogens is 4. The van der Waals surface area contributed by atoms with Crippen molar-refractivity contribution in [3.63, 3.8) is 0 Å². The van der Waals surface area contributed by atoms with Crippen LogP contribution in [0.25, 0.3) is 0 Å². The molecule has 0 atom stereocenters. The summed E-state index contributed by atoms with van der Waals surface area (Å²) >= 11 is 0. The zero-order valence-electron chi connectivity index (χ0n) is 18.6. The standard InChI is InChI=1S/C23H18F3N7O2.ClH/c1-28-23-30-11-15(22(34)32-18-4-2-12(24)8-16(18)25)21(33-23)31-13-3-5-19(17(26)9-13)35-14-6-7-29-20(27)10-14;/h2-11H,1H3,(H2,27,29)(H,32,34)(H2,28,30,31,33);1H. The monoisotopic (exact) mass is 517 g/mol. The van der Waals surface area contributed by atoms with Gasteiger partial charge >= 0.3 is 0 Å². The second-order valence-corrected chi connectivity index (χ2v) is 7.07. The van der Waals surface area contributed by atoms with Gasteiger partial charge in [0.25, 0.3) is 5.91 Å². The molecule has 0 saturated carbocycles. The summed E-state index contributed by atoms with van der Waals surface area (Å²) in [6, 6.07) is 9.73. The van der Waals surface area contributed by atoms with Crippen LogP contribution in [0.1, 0.15) is 10.4 Å². The highest BCUT2D eigenvalue weighted by molar-refractivity contribution is 6.07. The van der Waals surface area contributed by atoms with Gasteiger partial charge in [-0.1, -0.05) is 0 Å². The van der Waals surface area contributed by atoms with Gasteiger partial charge in [-0.2, -0.15) is 4.98 Å². The van der Waals surface area contributed by atoms with Gasteiger partial charge in [0.2, 0.25) is 5.95 Å². The van der Waals surface area contributed by atoms with Crippen molar-refractivity contribution in [3.05, 3.63) is 83.9 Å². The fourth-order valence-electron chi connectivity index (χ4n) is 2.96. The Morgan fingerprint density at radius 2 is 1.81 bits per heavy atom. The van der Waals surface area contributed by atoms with E-state index in [-0.39, 0.29) is 52.7 Å². The maximum absolute atomic E-state index is 14.7. The normalized spacial score (nSPS) is 10.2. The number of carbonyl (C=O) groups is 1. The van der Waals surface area contributed by atoms with E-state index in [1.807, 2.05) is 0 Å². The Morgan fingerprint density at radius 3 is 2.50 bits per heavy atom. The third-order valence-corrected chi connectivity index (χ3v) is 4.61. The summed E-state index contributed by atoms with van der Waals surface area (Å²) < 4.78 is 47.3. The lowest BCUT2D eigenvalue weighted by molar-refractivity contribution is 0.102. The minimum Gasteiger partial charge on any atom is -0.454 e. The number of rotatable bonds is 7. The first-order chi connectivity index (χ1) is 16.8. The second-order valence-electron chi connectivity index (χ2n) is 7.07. The Kier molecular flexibility index (Phi) is 8.12. The summed E-state index contributed by atoms with van der Waals surface area (Å²) in [6.45, 7) is 0. The van der Waals surface area contributed by atoms with Crippen molar-refractivity contribution in [2.75, 3.05) is 28.7 Å². The number of aromatic nitrogens is 3. The molecule has 5 N–H and O–H groups in total. The molecule has 0 aliphatic heterocycles. The zero-order chi connectivity index (χ0) is 24.9. The van der Waals surface area contributed by atoms with Gasteiger partial charge in [-0.15, -0.1) is 12.4 Å². The van der Waals surface area contributed by atoms with Crippen LogP contribution in [0.3, 0.4) is 0 Å². The Bertz CT molecular complexity index is 1410. The molecule has 0 saturated heterocycles. The summed E-state index contributed by atoms with van der Waals surface area (Å²) in [7, 11) is 1.57. The minimum atomic E-state index is -0.950. The van der Waals surface area contributed by atoms with Gasteiger partial charge in [-0.25, -0.2) is 23.1 Å². The van der Waals surface area contributed by atoms with Crippen LogP contribution < -0.4 is 26.4 Å². The van der Waals surface area contributed by atoms with Crippen LogP contribution in [-0.2, 0) is 0 Å². The van der Waals surface area contributed by atoms with E-state index in [9.17, 15) is 18.0 Å². The van der Waals surface area contributed by atoms with Crippen LogP contribution in [0.15, 0.2) is 60.9 Å². The lowest BCUT2D eigenvalue weighted by Crippen LogP contribution is -2.17. The predicted octanol–water partition coefficient (Wildman–Crippen LogP) is 5.12. The van der Waals surface area contributed by atoms with E-state index in [0.29, 0.717) is 11.8 Å². The van der Waals surface area contributed by atoms with Crippen molar-refractivity contribution in [1.82, 2.24) is 15.0 Å². The molecule has 36 heavy (non-hydrogen) atoms. The van der Waals surface area contributed by atoms with E-state index in [2.05, 4.69) is 30.9 Å². The fourth-order valence-corrected chi connectivity index (χ4v) is 2.96. The molecule has 2 aromatic carbocycles. The lowest BCUT2D eigenvalue weighted by Gasteiger charge is -2.14. The molecule has 2 aromatic heterocycles. The van der Waals surface area contributed by atoms with Crippen LogP contribution in [0.2, 0.25) is 0 Å². The molecule has 4 rings (SSSR count). The Balaban J connectivity index is 0.00000361. The van der Waals surface area contributed by atoms with E-state index in [1.54, 1.807) is 7.05 Å². The summed E-state index contributed by atoms with van der Waals surface area (Å²) in [6.07, 6.45) is 2.64. The number of nitrogen functional groups attached to an aromatic ring is 1. The molecule has 9 nitrogen and oxygen atoms in total. The van der Waals surface area contributed by atoms with E-state index >= 15 is 0 Å². The van der Waals surface area contributed by atoms with Gasteiger partial charge in [0.1, 0.15) is 34.6 Å². The third kappa shape index (κ3) is 6.10. The topological polar surface area (TPSA) is 127 Å². The number of nitrogens with two attached hydrogens (primary N) is 1. The number of hydrogen-bond donors (Lipinski definition) is 4. The average molecular weight is 518 g/mol. The fraction of sp³-hybridized carbons (Fsp3) is 0.0435. The maximum Gasteiger partial charge on any atom is 0.261 e. The highest BCUT2D eigenvalue weighted by Crippen LogP contribution is 2.29. The molecule has 0 bridgehead atoms. The van der Waals surface area contributed by atoms with Crippen molar-refractivity contribution < 1.29 is 22.7 Å². The van der Waals surface area contributed by atoms with Crippen molar-refractivity contribution in [1.29, 1.82) is 0 Å². The number of carbonyl (C=O) groups excluding carboxylic acids is 1. The first-order valence-corrected chi connectivity index (χ1v) is 10.1. The average Bonchev–Trinajstić information content (AvgIpc) is 2.82. The molecular weight excluding hydrogens is 499 g/mol.